The molecule has 1 aromatic carbocycles. The largest absolute Gasteiger partial charge is 0.462 e. The molecule has 2 unspecified atom stereocenters. The first-order valence-corrected chi connectivity index (χ1v) is 12.7. The van der Waals surface area contributed by atoms with Gasteiger partial charge in [0.25, 0.3) is 5.56 Å². The van der Waals surface area contributed by atoms with E-state index in [-0.39, 0.29) is 5.75 Å². The Hall–Kier alpha value is -3.31. The number of nitrogens with one attached hydrogen (secondary N) is 2. The van der Waals surface area contributed by atoms with Gasteiger partial charge < -0.3 is 24.2 Å². The molecule has 2 aromatic rings. The average molecular weight is 538 g/mol. The number of rotatable bonds is 10. The second kappa shape index (κ2) is 11.8. The molecule has 0 amide bonds. The molecule has 1 aliphatic heterocycles. The van der Waals surface area contributed by atoms with E-state index in [0.29, 0.717) is 4.57 Å². The van der Waals surface area contributed by atoms with Crippen LogP contribution in [-0.2, 0) is 23.4 Å². The van der Waals surface area contributed by atoms with Gasteiger partial charge in [-0.05, 0) is 32.9 Å². The van der Waals surface area contributed by atoms with Crippen LogP contribution in [-0.4, -0.2) is 62.8 Å². The van der Waals surface area contributed by atoms with Crippen molar-refractivity contribution in [3.8, 4) is 11.8 Å². The number of aliphatic hydroxyl groups excluding tert-OH is 2. The Morgan fingerprint density at radius 1 is 1.24 bits per heavy atom. The molecule has 2 heterocycles. The zero-order chi connectivity index (χ0) is 27.3. The van der Waals surface area contributed by atoms with Crippen molar-refractivity contribution in [1.82, 2.24) is 14.6 Å². The van der Waals surface area contributed by atoms with E-state index in [9.17, 15) is 34.4 Å². The van der Waals surface area contributed by atoms with E-state index in [0.717, 1.165) is 6.07 Å². The van der Waals surface area contributed by atoms with Gasteiger partial charge in [0.1, 0.15) is 41.9 Å². The van der Waals surface area contributed by atoms with Gasteiger partial charge in [0.05, 0.1) is 12.7 Å². The molecule has 15 heteroatoms. The first-order chi connectivity index (χ1) is 17.4. The van der Waals surface area contributed by atoms with E-state index in [2.05, 4.69) is 5.09 Å². The van der Waals surface area contributed by atoms with Crippen LogP contribution in [0, 0.1) is 11.3 Å². The number of carbonyl (C=O) groups excluding carboxylic acids is 1. The lowest BCUT2D eigenvalue weighted by molar-refractivity contribution is -0.149. The third-order valence-corrected chi connectivity index (χ3v) is 6.76. The van der Waals surface area contributed by atoms with Crippen molar-refractivity contribution in [3.63, 3.8) is 0 Å². The zero-order valence-corrected chi connectivity index (χ0v) is 21.0. The summed E-state index contributed by atoms with van der Waals surface area (Å²) in [6.45, 7) is 4.06. The zero-order valence-electron chi connectivity index (χ0n) is 20.1. The van der Waals surface area contributed by atoms with Crippen LogP contribution in [0.1, 0.15) is 32.7 Å². The van der Waals surface area contributed by atoms with Gasteiger partial charge in [0.2, 0.25) is 0 Å². The molecule has 1 aromatic heterocycles. The minimum Gasteiger partial charge on any atom is -0.462 e. The van der Waals surface area contributed by atoms with Crippen molar-refractivity contribution < 1.29 is 38.1 Å². The minimum absolute atomic E-state index is 0.145. The summed E-state index contributed by atoms with van der Waals surface area (Å²) in [4.78, 5) is 38.0. The molecule has 1 saturated heterocycles. The van der Waals surface area contributed by atoms with E-state index >= 15 is 0 Å². The molecule has 0 spiro atoms. The second-order valence-corrected chi connectivity index (χ2v) is 10.1. The molecular formula is C22H27N4O10P. The maximum Gasteiger partial charge on any atom is 0.459 e. The maximum absolute atomic E-state index is 13.6. The highest BCUT2D eigenvalue weighted by Crippen LogP contribution is 2.46. The summed E-state index contributed by atoms with van der Waals surface area (Å²) < 4.78 is 35.9. The summed E-state index contributed by atoms with van der Waals surface area (Å²) in [6.07, 6.45) is -6.71. The Balaban J connectivity index is 1.81. The Labute approximate surface area is 211 Å². The smallest absolute Gasteiger partial charge is 0.459 e. The van der Waals surface area contributed by atoms with E-state index < -0.39 is 74.0 Å². The number of aliphatic hydroxyl groups is 2. The fourth-order valence-electron chi connectivity index (χ4n) is 3.43. The number of H-pyrrole nitrogens is 1. The number of carbonyl (C=O) groups is 1. The van der Waals surface area contributed by atoms with Gasteiger partial charge in [0, 0.05) is 6.07 Å². The highest BCUT2D eigenvalue weighted by atomic mass is 31.2. The molecule has 3 rings (SSSR count). The third-order valence-electron chi connectivity index (χ3n) is 5.12. The number of aromatic nitrogens is 2. The van der Waals surface area contributed by atoms with Crippen molar-refractivity contribution in [2.75, 3.05) is 6.61 Å². The summed E-state index contributed by atoms with van der Waals surface area (Å²) >= 11 is 0. The van der Waals surface area contributed by atoms with Gasteiger partial charge in [-0.3, -0.25) is 23.7 Å². The SMILES string of the molecule is CC(C)OC(=O)[C@H](C)NP(=O)(OC[C@H]1OC(n2c(C#N)cc(=O)[nH]c2=O)[C@H](O)[C@@H]1O)Oc1ccccc1. The Morgan fingerprint density at radius 2 is 1.92 bits per heavy atom. The van der Waals surface area contributed by atoms with Gasteiger partial charge in [-0.25, -0.2) is 9.36 Å². The monoisotopic (exact) mass is 538 g/mol. The van der Waals surface area contributed by atoms with Crippen molar-refractivity contribution in [3.05, 3.63) is 62.9 Å². The number of benzene rings is 1. The normalized spacial score (nSPS) is 23.7. The van der Waals surface area contributed by atoms with E-state index in [4.69, 9.17) is 18.5 Å². The van der Waals surface area contributed by atoms with E-state index in [1.165, 1.54) is 19.1 Å². The van der Waals surface area contributed by atoms with Gasteiger partial charge in [-0.1, -0.05) is 18.2 Å². The molecule has 14 nitrogen and oxygen atoms in total. The highest BCUT2D eigenvalue weighted by Gasteiger charge is 2.46. The number of hydrogen-bond acceptors (Lipinski definition) is 11. The number of aromatic amines is 1. The van der Waals surface area contributed by atoms with Crippen LogP contribution in [0.15, 0.2) is 46.0 Å². The molecular weight excluding hydrogens is 511 g/mol. The summed E-state index contributed by atoms with van der Waals surface area (Å²) in [5, 5.41) is 32.8. The van der Waals surface area contributed by atoms with Crippen LogP contribution < -0.4 is 20.9 Å². The van der Waals surface area contributed by atoms with Crippen LogP contribution in [0.3, 0.4) is 0 Å². The van der Waals surface area contributed by atoms with Crippen LogP contribution in [0.4, 0.5) is 0 Å². The minimum atomic E-state index is -4.31. The molecule has 0 aliphatic carbocycles. The quantitative estimate of drug-likeness (QED) is 0.236. The number of ether oxygens (including phenoxy) is 2. The predicted molar refractivity (Wildman–Crippen MR) is 126 cm³/mol. The molecule has 4 N–H and O–H groups in total. The standard InChI is InChI=1S/C22H27N4O10P/c1-12(2)34-21(30)13(3)25-37(32,36-15-7-5-4-6-8-15)33-11-16-18(28)19(29)20(35-16)26-14(10-23)9-17(27)24-22(26)31/h4-9,12-13,16,18-20,28-29H,11H2,1-3H3,(H,25,32)(H,24,27,31)/t13-,16+,18+,19+,20?,37?/m0/s1. The summed E-state index contributed by atoms with van der Waals surface area (Å²) in [5.74, 6) is -0.573. The van der Waals surface area contributed by atoms with Crippen LogP contribution in [0.2, 0.25) is 0 Å². The maximum atomic E-state index is 13.6. The third kappa shape index (κ3) is 6.92. The first kappa shape index (κ1) is 28.3. The van der Waals surface area contributed by atoms with Gasteiger partial charge in [0.15, 0.2) is 6.23 Å². The molecule has 37 heavy (non-hydrogen) atoms. The van der Waals surface area contributed by atoms with Crippen molar-refractivity contribution in [2.45, 2.75) is 57.5 Å². The predicted octanol–water partition coefficient (Wildman–Crippen LogP) is 0.161. The van der Waals surface area contributed by atoms with Gasteiger partial charge >= 0.3 is 19.4 Å². The summed E-state index contributed by atoms with van der Waals surface area (Å²) in [7, 11) is -4.31. The summed E-state index contributed by atoms with van der Waals surface area (Å²) in [5.41, 5.74) is -2.29. The van der Waals surface area contributed by atoms with Crippen molar-refractivity contribution in [1.29, 1.82) is 5.26 Å². The molecule has 0 radical (unpaired) electrons. The van der Waals surface area contributed by atoms with Crippen molar-refractivity contribution in [2.24, 2.45) is 0 Å². The van der Waals surface area contributed by atoms with Crippen LogP contribution in [0.25, 0.3) is 0 Å². The van der Waals surface area contributed by atoms with Gasteiger partial charge in [-0.2, -0.15) is 10.3 Å². The fourth-order valence-corrected chi connectivity index (χ4v) is 4.93. The van der Waals surface area contributed by atoms with Gasteiger partial charge in [-0.15, -0.1) is 0 Å². The number of nitrogens with zero attached hydrogens (tertiary/aromatic N) is 2. The Morgan fingerprint density at radius 3 is 2.54 bits per heavy atom. The molecule has 1 aliphatic rings. The van der Waals surface area contributed by atoms with Crippen LogP contribution in [0.5, 0.6) is 5.75 Å². The number of nitriles is 1. The summed E-state index contributed by atoms with van der Waals surface area (Å²) in [6, 6.07) is 9.31. The average Bonchev–Trinajstić information content (AvgIpc) is 3.10. The molecule has 200 valence electrons. The molecule has 1 fully saturated rings. The lowest BCUT2D eigenvalue weighted by Gasteiger charge is -2.25. The topological polar surface area (TPSA) is 202 Å². The van der Waals surface area contributed by atoms with E-state index in [1.54, 1.807) is 38.1 Å². The lowest BCUT2D eigenvalue weighted by Crippen LogP contribution is -2.39. The van der Waals surface area contributed by atoms with Crippen molar-refractivity contribution >= 4 is 13.7 Å². The fraction of sp³-hybridized carbons (Fsp3) is 0.455. The number of hydrogen-bond donors (Lipinski definition) is 4. The second-order valence-electron chi connectivity index (χ2n) is 8.39. The highest BCUT2D eigenvalue weighted by molar-refractivity contribution is 7.52. The Bertz CT molecular complexity index is 1310. The lowest BCUT2D eigenvalue weighted by atomic mass is 10.1. The number of para-hydroxylation sites is 1. The van der Waals surface area contributed by atoms with Crippen LogP contribution >= 0.6 is 7.75 Å². The van der Waals surface area contributed by atoms with E-state index in [1.807, 2.05) is 4.98 Å². The molecule has 6 atom stereocenters. The first-order valence-electron chi connectivity index (χ1n) is 11.2. The molecule has 0 saturated carbocycles. The Kier molecular flexibility index (Phi) is 9.03. The molecule has 0 bridgehead atoms. The number of esters is 1.